The average molecular weight is 281 g/mol. The van der Waals surface area contributed by atoms with E-state index in [0.29, 0.717) is 6.04 Å². The molecule has 0 spiro atoms. The maximum atomic E-state index is 5.64. The van der Waals surface area contributed by atoms with Crippen molar-refractivity contribution in [3.05, 3.63) is 17.5 Å². The van der Waals surface area contributed by atoms with Gasteiger partial charge in [-0.3, -0.25) is 4.90 Å². The summed E-state index contributed by atoms with van der Waals surface area (Å²) in [5.41, 5.74) is 1.05. The molecule has 0 saturated carbocycles. The zero-order valence-electron chi connectivity index (χ0n) is 13.3. The lowest BCUT2D eigenvalue weighted by atomic mass is 10.1. The SMILES string of the molecule is CC1CN(Cc2cc(CNC(C)(C)C)no2)C(C)CO1. The Morgan fingerprint density at radius 2 is 2.15 bits per heavy atom. The van der Waals surface area contributed by atoms with Crippen LogP contribution in [0.3, 0.4) is 0 Å². The number of hydrogen-bond donors (Lipinski definition) is 1. The first kappa shape index (κ1) is 15.5. The van der Waals surface area contributed by atoms with Crippen LogP contribution in [0.15, 0.2) is 10.6 Å². The molecule has 2 rings (SSSR count). The molecule has 114 valence electrons. The van der Waals surface area contributed by atoms with Crippen molar-refractivity contribution in [1.29, 1.82) is 0 Å². The molecule has 2 atom stereocenters. The second-order valence-corrected chi connectivity index (χ2v) is 6.81. The smallest absolute Gasteiger partial charge is 0.151 e. The van der Waals surface area contributed by atoms with Crippen LogP contribution in [-0.4, -0.2) is 40.9 Å². The molecule has 2 heterocycles. The lowest BCUT2D eigenvalue weighted by Gasteiger charge is -2.35. The van der Waals surface area contributed by atoms with Crippen molar-refractivity contribution in [2.24, 2.45) is 0 Å². The van der Waals surface area contributed by atoms with Crippen LogP contribution in [0.2, 0.25) is 0 Å². The van der Waals surface area contributed by atoms with E-state index in [1.807, 2.05) is 6.07 Å². The third-order valence-electron chi connectivity index (χ3n) is 3.50. The molecule has 1 aliphatic rings. The minimum absolute atomic E-state index is 0.0905. The third-order valence-corrected chi connectivity index (χ3v) is 3.50. The fraction of sp³-hybridized carbons (Fsp3) is 0.800. The zero-order valence-corrected chi connectivity index (χ0v) is 13.3. The predicted octanol–water partition coefficient (Wildman–Crippen LogP) is 2.17. The van der Waals surface area contributed by atoms with Gasteiger partial charge in [-0.1, -0.05) is 5.16 Å². The predicted molar refractivity (Wildman–Crippen MR) is 78.4 cm³/mol. The first-order chi connectivity index (χ1) is 9.33. The van der Waals surface area contributed by atoms with E-state index in [4.69, 9.17) is 9.26 Å². The highest BCUT2D eigenvalue weighted by atomic mass is 16.5. The van der Waals surface area contributed by atoms with Crippen molar-refractivity contribution >= 4 is 0 Å². The minimum atomic E-state index is 0.0905. The number of hydrogen-bond acceptors (Lipinski definition) is 5. The van der Waals surface area contributed by atoms with Crippen molar-refractivity contribution in [1.82, 2.24) is 15.4 Å². The van der Waals surface area contributed by atoms with Gasteiger partial charge in [-0.05, 0) is 34.6 Å². The lowest BCUT2D eigenvalue weighted by Crippen LogP contribution is -2.46. The number of morpholine rings is 1. The first-order valence-electron chi connectivity index (χ1n) is 7.38. The molecule has 20 heavy (non-hydrogen) atoms. The Morgan fingerprint density at radius 3 is 2.85 bits per heavy atom. The van der Waals surface area contributed by atoms with Gasteiger partial charge in [-0.2, -0.15) is 0 Å². The molecule has 1 aromatic heterocycles. The van der Waals surface area contributed by atoms with Gasteiger partial charge < -0.3 is 14.6 Å². The Balaban J connectivity index is 1.89. The summed E-state index contributed by atoms with van der Waals surface area (Å²) < 4.78 is 11.1. The number of aromatic nitrogens is 1. The molecule has 5 heteroatoms. The normalized spacial score (nSPS) is 25.1. The van der Waals surface area contributed by atoms with Crippen molar-refractivity contribution < 1.29 is 9.26 Å². The van der Waals surface area contributed by atoms with Crippen molar-refractivity contribution in [3.8, 4) is 0 Å². The van der Waals surface area contributed by atoms with E-state index in [-0.39, 0.29) is 11.6 Å². The van der Waals surface area contributed by atoms with E-state index in [1.165, 1.54) is 0 Å². The fourth-order valence-electron chi connectivity index (χ4n) is 2.26. The van der Waals surface area contributed by atoms with Crippen molar-refractivity contribution in [2.45, 2.75) is 65.4 Å². The molecule has 5 nitrogen and oxygen atoms in total. The van der Waals surface area contributed by atoms with Gasteiger partial charge in [0.1, 0.15) is 0 Å². The van der Waals surface area contributed by atoms with Crippen LogP contribution < -0.4 is 5.32 Å². The quantitative estimate of drug-likeness (QED) is 0.916. The zero-order chi connectivity index (χ0) is 14.8. The van der Waals surface area contributed by atoms with Gasteiger partial charge in [-0.25, -0.2) is 0 Å². The maximum absolute atomic E-state index is 5.64. The monoisotopic (exact) mass is 281 g/mol. The van der Waals surface area contributed by atoms with Crippen LogP contribution in [0.25, 0.3) is 0 Å². The van der Waals surface area contributed by atoms with Gasteiger partial charge in [0.05, 0.1) is 24.9 Å². The second-order valence-electron chi connectivity index (χ2n) is 6.81. The first-order valence-corrected chi connectivity index (χ1v) is 7.38. The molecule has 1 fully saturated rings. The maximum Gasteiger partial charge on any atom is 0.151 e. The average Bonchev–Trinajstić information content (AvgIpc) is 2.78. The van der Waals surface area contributed by atoms with Crippen LogP contribution in [0.5, 0.6) is 0 Å². The van der Waals surface area contributed by atoms with Crippen molar-refractivity contribution in [2.75, 3.05) is 13.2 Å². The van der Waals surface area contributed by atoms with E-state index < -0.39 is 0 Å². The molecular formula is C15H27N3O2. The number of nitrogens with one attached hydrogen (secondary N) is 1. The summed E-state index contributed by atoms with van der Waals surface area (Å²) >= 11 is 0. The van der Waals surface area contributed by atoms with Crippen molar-refractivity contribution in [3.63, 3.8) is 0 Å². The molecule has 1 aliphatic heterocycles. The second kappa shape index (κ2) is 6.24. The summed E-state index contributed by atoms with van der Waals surface area (Å²) in [5.74, 6) is 0.927. The number of rotatable bonds is 4. The highest BCUT2D eigenvalue weighted by Gasteiger charge is 2.24. The molecule has 1 aromatic rings. The van der Waals surface area contributed by atoms with E-state index in [2.05, 4.69) is 50.0 Å². The fourth-order valence-corrected chi connectivity index (χ4v) is 2.26. The highest BCUT2D eigenvalue weighted by molar-refractivity contribution is 5.06. The van der Waals surface area contributed by atoms with Gasteiger partial charge >= 0.3 is 0 Å². The van der Waals surface area contributed by atoms with E-state index in [9.17, 15) is 0 Å². The summed E-state index contributed by atoms with van der Waals surface area (Å²) in [6.07, 6.45) is 0.288. The molecule has 0 aliphatic carbocycles. The molecule has 1 saturated heterocycles. The van der Waals surface area contributed by atoms with E-state index in [1.54, 1.807) is 0 Å². The van der Waals surface area contributed by atoms with Gasteiger partial charge in [0, 0.05) is 30.7 Å². The highest BCUT2D eigenvalue weighted by Crippen LogP contribution is 2.16. The Morgan fingerprint density at radius 1 is 1.40 bits per heavy atom. The Bertz CT molecular complexity index is 425. The molecule has 0 bridgehead atoms. The van der Waals surface area contributed by atoms with Crippen LogP contribution in [0.4, 0.5) is 0 Å². The Labute approximate surface area is 121 Å². The van der Waals surface area contributed by atoms with Crippen LogP contribution in [0.1, 0.15) is 46.1 Å². The lowest BCUT2D eigenvalue weighted by molar-refractivity contribution is -0.0550. The van der Waals surface area contributed by atoms with E-state index >= 15 is 0 Å². The summed E-state index contributed by atoms with van der Waals surface area (Å²) in [4.78, 5) is 2.38. The summed E-state index contributed by atoms with van der Waals surface area (Å²) in [6.45, 7) is 14.0. The largest absolute Gasteiger partial charge is 0.376 e. The number of ether oxygens (including phenoxy) is 1. The molecule has 1 N–H and O–H groups in total. The van der Waals surface area contributed by atoms with Crippen LogP contribution in [0, 0.1) is 0 Å². The molecule has 0 radical (unpaired) electrons. The topological polar surface area (TPSA) is 50.5 Å². The number of nitrogens with zero attached hydrogens (tertiary/aromatic N) is 2. The Kier molecular flexibility index (Phi) is 4.83. The third kappa shape index (κ3) is 4.58. The summed E-state index contributed by atoms with van der Waals surface area (Å²) in [5, 5.41) is 7.55. The standard InChI is InChI=1S/C15H27N3O2/c1-11-10-19-12(2)8-18(11)9-14-6-13(17-20-14)7-16-15(3,4)5/h6,11-12,16H,7-10H2,1-5H3. The minimum Gasteiger partial charge on any atom is -0.376 e. The van der Waals surface area contributed by atoms with E-state index in [0.717, 1.165) is 37.7 Å². The molecule has 2 unspecified atom stereocenters. The van der Waals surface area contributed by atoms with Gasteiger partial charge in [0.15, 0.2) is 5.76 Å². The molecule has 0 amide bonds. The summed E-state index contributed by atoms with van der Waals surface area (Å²) in [6, 6.07) is 2.47. The summed E-state index contributed by atoms with van der Waals surface area (Å²) in [7, 11) is 0. The molecular weight excluding hydrogens is 254 g/mol. The van der Waals surface area contributed by atoms with Gasteiger partial charge in [-0.15, -0.1) is 0 Å². The molecule has 0 aromatic carbocycles. The van der Waals surface area contributed by atoms with Gasteiger partial charge in [0.2, 0.25) is 0 Å². The Hall–Kier alpha value is -0.910. The van der Waals surface area contributed by atoms with Crippen LogP contribution in [-0.2, 0) is 17.8 Å². The van der Waals surface area contributed by atoms with Gasteiger partial charge in [0.25, 0.3) is 0 Å². The van der Waals surface area contributed by atoms with Crippen LogP contribution >= 0.6 is 0 Å².